The summed E-state index contributed by atoms with van der Waals surface area (Å²) in [5, 5.41) is 14.9. The summed E-state index contributed by atoms with van der Waals surface area (Å²) in [4.78, 5) is 27.3. The molecule has 3 rings (SSSR count). The lowest BCUT2D eigenvalue weighted by Crippen LogP contribution is -2.54. The number of hydrogen-bond acceptors (Lipinski definition) is 5. The molecule has 2 aliphatic heterocycles. The van der Waals surface area contributed by atoms with E-state index in [-0.39, 0.29) is 12.6 Å². The van der Waals surface area contributed by atoms with Gasteiger partial charge in [0.25, 0.3) is 0 Å². The predicted octanol–water partition coefficient (Wildman–Crippen LogP) is 1.05. The SMILES string of the molecule is O=C(O)COc1ccc(NC(=O)N2CCN(C3CCNCC3)CC2)cc1. The number of rotatable bonds is 5. The van der Waals surface area contributed by atoms with E-state index in [1.165, 1.54) is 12.8 Å². The van der Waals surface area contributed by atoms with Gasteiger partial charge in [-0.25, -0.2) is 9.59 Å². The fraction of sp³-hybridized carbons (Fsp3) is 0.556. The molecule has 1 aromatic rings. The Labute approximate surface area is 153 Å². The van der Waals surface area contributed by atoms with Gasteiger partial charge in [0, 0.05) is 37.9 Å². The van der Waals surface area contributed by atoms with Crippen molar-refractivity contribution in [1.82, 2.24) is 15.1 Å². The van der Waals surface area contributed by atoms with Crippen molar-refractivity contribution in [1.29, 1.82) is 0 Å². The van der Waals surface area contributed by atoms with Gasteiger partial charge in [0.15, 0.2) is 6.61 Å². The molecular weight excluding hydrogens is 336 g/mol. The Morgan fingerprint density at radius 3 is 2.38 bits per heavy atom. The zero-order chi connectivity index (χ0) is 18.4. The van der Waals surface area contributed by atoms with E-state index in [0.717, 1.165) is 39.3 Å². The van der Waals surface area contributed by atoms with Gasteiger partial charge in [-0.3, -0.25) is 4.90 Å². The summed E-state index contributed by atoms with van der Waals surface area (Å²) < 4.78 is 5.08. The Morgan fingerprint density at radius 2 is 1.77 bits per heavy atom. The van der Waals surface area contributed by atoms with Crippen LogP contribution in [0.3, 0.4) is 0 Å². The van der Waals surface area contributed by atoms with Crippen molar-refractivity contribution in [2.45, 2.75) is 18.9 Å². The van der Waals surface area contributed by atoms with Gasteiger partial charge >= 0.3 is 12.0 Å². The number of hydrogen-bond donors (Lipinski definition) is 3. The number of ether oxygens (including phenoxy) is 1. The minimum atomic E-state index is -1.02. The highest BCUT2D eigenvalue weighted by Gasteiger charge is 2.26. The number of benzene rings is 1. The summed E-state index contributed by atoms with van der Waals surface area (Å²) in [7, 11) is 0. The van der Waals surface area contributed by atoms with Gasteiger partial charge < -0.3 is 25.4 Å². The normalized spacial score (nSPS) is 19.2. The molecule has 0 spiro atoms. The summed E-state index contributed by atoms with van der Waals surface area (Å²) in [6.45, 7) is 5.08. The van der Waals surface area contributed by atoms with Crippen LogP contribution in [0.25, 0.3) is 0 Å². The third-order valence-corrected chi connectivity index (χ3v) is 4.89. The molecular formula is C18H26N4O4. The lowest BCUT2D eigenvalue weighted by atomic mass is 10.0. The van der Waals surface area contributed by atoms with Gasteiger partial charge in [-0.1, -0.05) is 0 Å². The predicted molar refractivity (Wildman–Crippen MR) is 97.6 cm³/mol. The lowest BCUT2D eigenvalue weighted by Gasteiger charge is -2.40. The second-order valence-corrected chi connectivity index (χ2v) is 6.64. The van der Waals surface area contributed by atoms with Crippen LogP contribution in [0, 0.1) is 0 Å². The average molecular weight is 362 g/mol. The van der Waals surface area contributed by atoms with Crippen LogP contribution in [0.1, 0.15) is 12.8 Å². The molecule has 2 heterocycles. The van der Waals surface area contributed by atoms with E-state index in [1.807, 2.05) is 4.90 Å². The number of carboxylic acid groups (broad SMARTS) is 1. The first-order valence-electron chi connectivity index (χ1n) is 9.07. The number of amides is 2. The molecule has 2 amide bonds. The van der Waals surface area contributed by atoms with E-state index in [2.05, 4.69) is 15.5 Å². The molecule has 0 atom stereocenters. The van der Waals surface area contributed by atoms with Crippen LogP contribution in [0.5, 0.6) is 5.75 Å². The average Bonchev–Trinajstić information content (AvgIpc) is 2.68. The Morgan fingerprint density at radius 1 is 1.12 bits per heavy atom. The number of nitrogens with zero attached hydrogens (tertiary/aromatic N) is 2. The molecule has 0 aromatic heterocycles. The van der Waals surface area contributed by atoms with E-state index < -0.39 is 5.97 Å². The Kier molecular flexibility index (Phi) is 6.30. The van der Waals surface area contributed by atoms with Gasteiger partial charge in [0.1, 0.15) is 5.75 Å². The smallest absolute Gasteiger partial charge is 0.341 e. The summed E-state index contributed by atoms with van der Waals surface area (Å²) in [5.41, 5.74) is 0.665. The molecule has 2 aliphatic rings. The van der Waals surface area contributed by atoms with Crippen molar-refractivity contribution >= 4 is 17.7 Å². The van der Waals surface area contributed by atoms with Gasteiger partial charge in [-0.05, 0) is 50.2 Å². The number of carboxylic acids is 1. The third-order valence-electron chi connectivity index (χ3n) is 4.89. The second-order valence-electron chi connectivity index (χ2n) is 6.64. The molecule has 0 bridgehead atoms. The first-order chi connectivity index (χ1) is 12.6. The molecule has 2 saturated heterocycles. The van der Waals surface area contributed by atoms with E-state index in [1.54, 1.807) is 24.3 Å². The molecule has 8 nitrogen and oxygen atoms in total. The standard InChI is InChI=1S/C18H26N4O4/c23-17(24)13-26-16-3-1-14(2-4-16)20-18(25)22-11-9-21(10-12-22)15-5-7-19-8-6-15/h1-4,15,19H,5-13H2,(H,20,25)(H,23,24). The van der Waals surface area contributed by atoms with Crippen LogP contribution in [-0.2, 0) is 4.79 Å². The maximum atomic E-state index is 12.4. The lowest BCUT2D eigenvalue weighted by molar-refractivity contribution is -0.139. The van der Waals surface area contributed by atoms with Gasteiger partial charge in [0.2, 0.25) is 0 Å². The number of aliphatic carboxylic acids is 1. The molecule has 2 fully saturated rings. The van der Waals surface area contributed by atoms with Crippen LogP contribution in [-0.4, -0.2) is 78.8 Å². The van der Waals surface area contributed by atoms with Gasteiger partial charge in [-0.15, -0.1) is 0 Å². The molecule has 1 aromatic carbocycles. The van der Waals surface area contributed by atoms with E-state index in [0.29, 0.717) is 17.5 Å². The molecule has 3 N–H and O–H groups in total. The second kappa shape index (κ2) is 8.86. The van der Waals surface area contributed by atoms with Gasteiger partial charge in [-0.2, -0.15) is 0 Å². The molecule has 0 saturated carbocycles. The Hall–Kier alpha value is -2.32. The van der Waals surface area contributed by atoms with Crippen LogP contribution in [0.4, 0.5) is 10.5 Å². The number of piperazine rings is 1. The number of anilines is 1. The molecule has 0 radical (unpaired) electrons. The molecule has 8 heteroatoms. The van der Waals surface area contributed by atoms with Crippen molar-refractivity contribution in [2.75, 3.05) is 51.2 Å². The number of piperidine rings is 1. The van der Waals surface area contributed by atoms with Crippen molar-refractivity contribution < 1.29 is 19.4 Å². The monoisotopic (exact) mass is 362 g/mol. The first kappa shape index (κ1) is 18.5. The first-order valence-corrected chi connectivity index (χ1v) is 9.07. The highest BCUT2D eigenvalue weighted by atomic mass is 16.5. The Bertz CT molecular complexity index is 608. The third kappa shape index (κ3) is 5.09. The minimum absolute atomic E-state index is 0.103. The number of carbonyl (C=O) groups excluding carboxylic acids is 1. The largest absolute Gasteiger partial charge is 0.482 e. The van der Waals surface area contributed by atoms with Crippen molar-refractivity contribution in [2.24, 2.45) is 0 Å². The quantitative estimate of drug-likeness (QED) is 0.725. The summed E-state index contributed by atoms with van der Waals surface area (Å²) in [6.07, 6.45) is 2.37. The summed E-state index contributed by atoms with van der Waals surface area (Å²) in [6, 6.07) is 7.25. The number of carbonyl (C=O) groups is 2. The topological polar surface area (TPSA) is 94.1 Å². The molecule has 0 aliphatic carbocycles. The van der Waals surface area contributed by atoms with Crippen molar-refractivity contribution in [3.8, 4) is 5.75 Å². The van der Waals surface area contributed by atoms with Crippen molar-refractivity contribution in [3.63, 3.8) is 0 Å². The summed E-state index contributed by atoms with van der Waals surface area (Å²) >= 11 is 0. The van der Waals surface area contributed by atoms with Crippen LogP contribution in [0.15, 0.2) is 24.3 Å². The fourth-order valence-corrected chi connectivity index (χ4v) is 3.44. The molecule has 0 unspecified atom stereocenters. The van der Waals surface area contributed by atoms with E-state index >= 15 is 0 Å². The van der Waals surface area contributed by atoms with E-state index in [9.17, 15) is 9.59 Å². The highest BCUT2D eigenvalue weighted by Crippen LogP contribution is 2.18. The zero-order valence-electron chi connectivity index (χ0n) is 14.8. The number of urea groups is 1. The van der Waals surface area contributed by atoms with E-state index in [4.69, 9.17) is 9.84 Å². The van der Waals surface area contributed by atoms with Gasteiger partial charge in [0.05, 0.1) is 0 Å². The highest BCUT2D eigenvalue weighted by molar-refractivity contribution is 5.89. The van der Waals surface area contributed by atoms with Crippen LogP contribution in [0.2, 0.25) is 0 Å². The molecule has 26 heavy (non-hydrogen) atoms. The fourth-order valence-electron chi connectivity index (χ4n) is 3.44. The summed E-state index contributed by atoms with van der Waals surface area (Å²) in [5.74, 6) is -0.563. The zero-order valence-corrected chi connectivity index (χ0v) is 14.8. The van der Waals surface area contributed by atoms with Crippen LogP contribution >= 0.6 is 0 Å². The maximum absolute atomic E-state index is 12.4. The van der Waals surface area contributed by atoms with Crippen LogP contribution < -0.4 is 15.4 Å². The molecule has 142 valence electrons. The van der Waals surface area contributed by atoms with Crippen molar-refractivity contribution in [3.05, 3.63) is 24.3 Å². The minimum Gasteiger partial charge on any atom is -0.482 e. The number of nitrogens with one attached hydrogen (secondary N) is 2. The Balaban J connectivity index is 1.44. The maximum Gasteiger partial charge on any atom is 0.341 e.